The zero-order valence-electron chi connectivity index (χ0n) is 10.1. The Balaban J connectivity index is 0.000000550. The number of nitrogens with two attached hydrogens (primary N) is 2. The summed E-state index contributed by atoms with van der Waals surface area (Å²) in [5, 5.41) is 0.194. The molecule has 0 heterocycles. The molecular weight excluding hydrogens is 283 g/mol. The SMILES string of the molecule is ClCCl.Nc1ccc(C(=O)c2ccccc2N)cc1. The number of para-hydroxylation sites is 1. The lowest BCUT2D eigenvalue weighted by atomic mass is 10.0. The molecule has 3 nitrogen and oxygen atoms in total. The number of alkyl halides is 2. The van der Waals surface area contributed by atoms with Gasteiger partial charge in [-0.2, -0.15) is 0 Å². The molecular formula is C14H14Cl2N2O. The van der Waals surface area contributed by atoms with Crippen LogP contribution in [0.1, 0.15) is 15.9 Å². The fourth-order valence-corrected chi connectivity index (χ4v) is 1.49. The van der Waals surface area contributed by atoms with Gasteiger partial charge in [0.05, 0.1) is 5.34 Å². The Kier molecular flexibility index (Phi) is 6.19. The van der Waals surface area contributed by atoms with E-state index in [4.69, 9.17) is 34.7 Å². The molecule has 0 aliphatic heterocycles. The maximum absolute atomic E-state index is 12.1. The first-order valence-corrected chi connectivity index (χ1v) is 6.53. The third-order valence-corrected chi connectivity index (χ3v) is 2.38. The first kappa shape index (κ1) is 15.3. The Hall–Kier alpha value is -1.71. The lowest BCUT2D eigenvalue weighted by Gasteiger charge is -2.04. The summed E-state index contributed by atoms with van der Waals surface area (Å²) in [6, 6.07) is 13.8. The van der Waals surface area contributed by atoms with Gasteiger partial charge in [0.25, 0.3) is 0 Å². The molecule has 2 aromatic carbocycles. The maximum atomic E-state index is 12.1. The predicted octanol–water partition coefficient (Wildman–Crippen LogP) is 3.50. The monoisotopic (exact) mass is 296 g/mol. The first-order valence-electron chi connectivity index (χ1n) is 5.46. The highest BCUT2D eigenvalue weighted by molar-refractivity contribution is 6.40. The van der Waals surface area contributed by atoms with Gasteiger partial charge in [-0.05, 0) is 36.4 Å². The molecule has 19 heavy (non-hydrogen) atoms. The van der Waals surface area contributed by atoms with Crippen LogP contribution in [0.2, 0.25) is 0 Å². The molecule has 0 unspecified atom stereocenters. The van der Waals surface area contributed by atoms with Crippen molar-refractivity contribution in [3.8, 4) is 0 Å². The highest BCUT2D eigenvalue weighted by Crippen LogP contribution is 2.16. The molecule has 0 atom stereocenters. The average molecular weight is 297 g/mol. The molecule has 0 spiro atoms. The summed E-state index contributed by atoms with van der Waals surface area (Å²) in [6.45, 7) is 0. The van der Waals surface area contributed by atoms with Crippen LogP contribution in [0.5, 0.6) is 0 Å². The van der Waals surface area contributed by atoms with Gasteiger partial charge < -0.3 is 11.5 Å². The maximum Gasteiger partial charge on any atom is 0.195 e. The number of hydrogen-bond acceptors (Lipinski definition) is 3. The van der Waals surface area contributed by atoms with Crippen LogP contribution in [0, 0.1) is 0 Å². The fraction of sp³-hybridized carbons (Fsp3) is 0.0714. The lowest BCUT2D eigenvalue weighted by molar-refractivity contribution is 0.103. The van der Waals surface area contributed by atoms with Crippen LogP contribution in [0.15, 0.2) is 48.5 Å². The van der Waals surface area contributed by atoms with E-state index in [1.54, 1.807) is 48.5 Å². The summed E-state index contributed by atoms with van der Waals surface area (Å²) in [7, 11) is 0. The first-order chi connectivity index (χ1) is 9.10. The van der Waals surface area contributed by atoms with Crippen molar-refractivity contribution in [3.05, 3.63) is 59.7 Å². The van der Waals surface area contributed by atoms with Crippen LogP contribution in [0.4, 0.5) is 11.4 Å². The molecule has 0 fully saturated rings. The molecule has 0 saturated carbocycles. The predicted molar refractivity (Wildman–Crippen MR) is 81.7 cm³/mol. The number of carbonyl (C=O) groups is 1. The second-order valence-electron chi connectivity index (χ2n) is 3.64. The van der Waals surface area contributed by atoms with E-state index in [1.807, 2.05) is 0 Å². The number of hydrogen-bond donors (Lipinski definition) is 2. The van der Waals surface area contributed by atoms with Crippen molar-refractivity contribution in [2.45, 2.75) is 0 Å². The standard InChI is InChI=1S/C13H12N2O.CH2Cl2/c14-10-7-5-9(6-8-10)13(16)11-3-1-2-4-12(11)15;2-1-3/h1-8H,14-15H2;1H2. The van der Waals surface area contributed by atoms with Crippen molar-refractivity contribution in [3.63, 3.8) is 0 Å². The van der Waals surface area contributed by atoms with Crippen molar-refractivity contribution in [1.29, 1.82) is 0 Å². The molecule has 0 bridgehead atoms. The van der Waals surface area contributed by atoms with E-state index in [1.165, 1.54) is 0 Å². The molecule has 0 saturated heterocycles. The molecule has 0 aliphatic rings. The quantitative estimate of drug-likeness (QED) is 0.506. The largest absolute Gasteiger partial charge is 0.399 e. The van der Waals surface area contributed by atoms with E-state index in [2.05, 4.69) is 0 Å². The summed E-state index contributed by atoms with van der Waals surface area (Å²) in [5.41, 5.74) is 13.5. The summed E-state index contributed by atoms with van der Waals surface area (Å²) in [5.74, 6) is -0.0851. The number of halogens is 2. The smallest absolute Gasteiger partial charge is 0.195 e. The van der Waals surface area contributed by atoms with Gasteiger partial charge in [-0.3, -0.25) is 4.79 Å². The summed E-state index contributed by atoms with van der Waals surface area (Å²) < 4.78 is 0. The van der Waals surface area contributed by atoms with E-state index >= 15 is 0 Å². The number of anilines is 2. The van der Waals surface area contributed by atoms with E-state index in [0.717, 1.165) is 0 Å². The normalized spacial score (nSPS) is 9.37. The van der Waals surface area contributed by atoms with Crippen LogP contribution in [0.3, 0.4) is 0 Å². The van der Waals surface area contributed by atoms with Crippen LogP contribution in [-0.4, -0.2) is 11.1 Å². The minimum Gasteiger partial charge on any atom is -0.399 e. The minimum atomic E-state index is -0.0851. The van der Waals surface area contributed by atoms with E-state index in [9.17, 15) is 4.79 Å². The Morgan fingerprint density at radius 1 is 0.947 bits per heavy atom. The molecule has 0 aromatic heterocycles. The van der Waals surface area contributed by atoms with E-state index < -0.39 is 0 Å². The van der Waals surface area contributed by atoms with Crippen LogP contribution in [0.25, 0.3) is 0 Å². The zero-order valence-corrected chi connectivity index (χ0v) is 11.7. The van der Waals surface area contributed by atoms with Crippen LogP contribution >= 0.6 is 23.2 Å². The van der Waals surface area contributed by atoms with Gasteiger partial charge in [0.15, 0.2) is 5.78 Å². The van der Waals surface area contributed by atoms with Crippen molar-refractivity contribution >= 4 is 40.4 Å². The summed E-state index contributed by atoms with van der Waals surface area (Å²) >= 11 is 9.53. The fourth-order valence-electron chi connectivity index (χ4n) is 1.49. The Morgan fingerprint density at radius 2 is 1.47 bits per heavy atom. The minimum absolute atomic E-state index is 0.0851. The molecule has 4 N–H and O–H groups in total. The third-order valence-electron chi connectivity index (χ3n) is 2.38. The second kappa shape index (κ2) is 7.67. The number of rotatable bonds is 2. The Labute approximate surface area is 122 Å². The number of benzene rings is 2. The van der Waals surface area contributed by atoms with Gasteiger partial charge in [0.2, 0.25) is 0 Å². The molecule has 2 aromatic rings. The summed E-state index contributed by atoms with van der Waals surface area (Å²) in [6.07, 6.45) is 0. The van der Waals surface area contributed by atoms with Gasteiger partial charge >= 0.3 is 0 Å². The Bertz CT molecular complexity index is 541. The van der Waals surface area contributed by atoms with Crippen LogP contribution < -0.4 is 11.5 Å². The van der Waals surface area contributed by atoms with Gasteiger partial charge in [-0.15, -0.1) is 23.2 Å². The van der Waals surface area contributed by atoms with Crippen molar-refractivity contribution in [2.75, 3.05) is 16.8 Å². The third kappa shape index (κ3) is 4.47. The lowest BCUT2D eigenvalue weighted by Crippen LogP contribution is -2.05. The number of ketones is 1. The zero-order chi connectivity index (χ0) is 14.3. The summed E-state index contributed by atoms with van der Waals surface area (Å²) in [4.78, 5) is 12.1. The van der Waals surface area contributed by atoms with Gasteiger partial charge in [-0.25, -0.2) is 0 Å². The molecule has 0 amide bonds. The van der Waals surface area contributed by atoms with Crippen LogP contribution in [-0.2, 0) is 0 Å². The van der Waals surface area contributed by atoms with Crippen molar-refractivity contribution in [1.82, 2.24) is 0 Å². The van der Waals surface area contributed by atoms with Crippen molar-refractivity contribution < 1.29 is 4.79 Å². The highest BCUT2D eigenvalue weighted by atomic mass is 35.5. The molecule has 2 rings (SSSR count). The molecule has 5 heteroatoms. The number of nitrogen functional groups attached to an aromatic ring is 2. The highest BCUT2D eigenvalue weighted by Gasteiger charge is 2.10. The second-order valence-corrected chi connectivity index (χ2v) is 4.45. The van der Waals surface area contributed by atoms with E-state index in [0.29, 0.717) is 22.5 Å². The number of carbonyl (C=O) groups excluding carboxylic acids is 1. The topological polar surface area (TPSA) is 69.1 Å². The van der Waals surface area contributed by atoms with Gasteiger partial charge in [-0.1, -0.05) is 12.1 Å². The molecule has 100 valence electrons. The van der Waals surface area contributed by atoms with E-state index in [-0.39, 0.29) is 11.1 Å². The molecule has 0 radical (unpaired) electrons. The van der Waals surface area contributed by atoms with Crippen molar-refractivity contribution in [2.24, 2.45) is 0 Å². The molecule has 0 aliphatic carbocycles. The van der Waals surface area contributed by atoms with Gasteiger partial charge in [0, 0.05) is 22.5 Å². The Morgan fingerprint density at radius 3 is 2.00 bits per heavy atom. The van der Waals surface area contributed by atoms with Gasteiger partial charge in [0.1, 0.15) is 0 Å². The average Bonchev–Trinajstić information content (AvgIpc) is 2.40.